The molecule has 4 nitrogen and oxygen atoms in total. The van der Waals surface area contributed by atoms with Crippen LogP contribution in [0.1, 0.15) is 62.5 Å². The van der Waals surface area contributed by atoms with Gasteiger partial charge < -0.3 is 14.6 Å². The number of aromatic nitrogens is 1. The van der Waals surface area contributed by atoms with Crippen molar-refractivity contribution in [3.05, 3.63) is 65.9 Å². The molecule has 0 spiro atoms. The number of carbonyl (C=O) groups excluding carboxylic acids is 1. The molecule has 1 atom stereocenters. The Labute approximate surface area is 179 Å². The summed E-state index contributed by atoms with van der Waals surface area (Å²) in [4.78, 5) is 13.1. The highest BCUT2D eigenvalue weighted by atomic mass is 16.5. The highest BCUT2D eigenvalue weighted by Gasteiger charge is 2.24. The van der Waals surface area contributed by atoms with E-state index in [0.29, 0.717) is 12.5 Å². The third-order valence-electron chi connectivity index (χ3n) is 6.39. The maximum atomic E-state index is 13.1. The Balaban J connectivity index is 1.70. The molecule has 1 amide bonds. The summed E-state index contributed by atoms with van der Waals surface area (Å²) in [6, 6.07) is 17.0. The summed E-state index contributed by atoms with van der Waals surface area (Å²) < 4.78 is 7.75. The Morgan fingerprint density at radius 2 is 1.93 bits per heavy atom. The molecule has 1 aliphatic carbocycles. The van der Waals surface area contributed by atoms with E-state index in [-0.39, 0.29) is 11.8 Å². The quantitative estimate of drug-likeness (QED) is 0.554. The van der Waals surface area contributed by atoms with Crippen molar-refractivity contribution in [2.24, 2.45) is 0 Å². The van der Waals surface area contributed by atoms with E-state index in [2.05, 4.69) is 59.4 Å². The first-order valence-corrected chi connectivity index (χ1v) is 11.2. The number of para-hydroxylation sites is 1. The molecule has 0 radical (unpaired) electrons. The van der Waals surface area contributed by atoms with Crippen LogP contribution in [0.2, 0.25) is 0 Å². The lowest BCUT2D eigenvalue weighted by molar-refractivity contribution is -0.122. The smallest absolute Gasteiger partial charge is 0.221 e. The number of amides is 1. The summed E-state index contributed by atoms with van der Waals surface area (Å²) in [5.74, 6) is 0.953. The predicted molar refractivity (Wildman–Crippen MR) is 122 cm³/mol. The summed E-state index contributed by atoms with van der Waals surface area (Å²) >= 11 is 0. The number of fused-ring (bicyclic) bond motifs is 1. The van der Waals surface area contributed by atoms with Crippen LogP contribution < -0.4 is 10.1 Å². The topological polar surface area (TPSA) is 43.3 Å². The number of benzene rings is 2. The van der Waals surface area contributed by atoms with Crippen LogP contribution in [0.15, 0.2) is 54.7 Å². The number of hydrogen-bond donors (Lipinski definition) is 1. The maximum Gasteiger partial charge on any atom is 0.221 e. The van der Waals surface area contributed by atoms with Crippen LogP contribution in [0.25, 0.3) is 10.9 Å². The zero-order valence-electron chi connectivity index (χ0n) is 18.1. The Hall–Kier alpha value is -2.75. The summed E-state index contributed by atoms with van der Waals surface area (Å²) in [5.41, 5.74) is 3.54. The van der Waals surface area contributed by atoms with Crippen molar-refractivity contribution in [3.8, 4) is 5.75 Å². The van der Waals surface area contributed by atoms with Crippen molar-refractivity contribution < 1.29 is 9.53 Å². The van der Waals surface area contributed by atoms with Crippen LogP contribution in [0.4, 0.5) is 0 Å². The van der Waals surface area contributed by atoms with Crippen molar-refractivity contribution in [1.82, 2.24) is 9.88 Å². The van der Waals surface area contributed by atoms with Crippen LogP contribution in [-0.4, -0.2) is 23.6 Å². The van der Waals surface area contributed by atoms with Crippen molar-refractivity contribution in [2.75, 3.05) is 7.11 Å². The number of hydrogen-bond acceptors (Lipinski definition) is 2. The third kappa shape index (κ3) is 4.38. The second kappa shape index (κ2) is 9.38. The highest BCUT2D eigenvalue weighted by molar-refractivity contribution is 5.86. The van der Waals surface area contributed by atoms with E-state index < -0.39 is 0 Å². The van der Waals surface area contributed by atoms with Gasteiger partial charge in [-0.1, -0.05) is 49.6 Å². The summed E-state index contributed by atoms with van der Waals surface area (Å²) in [6.07, 6.45) is 8.59. The lowest BCUT2D eigenvalue weighted by Crippen LogP contribution is -2.36. The lowest BCUT2D eigenvalue weighted by Gasteiger charge is -2.24. The molecule has 1 N–H and O–H groups in total. The van der Waals surface area contributed by atoms with Gasteiger partial charge in [-0.05, 0) is 49.1 Å². The number of carbonyl (C=O) groups is 1. The van der Waals surface area contributed by atoms with Gasteiger partial charge in [-0.25, -0.2) is 0 Å². The van der Waals surface area contributed by atoms with Crippen molar-refractivity contribution in [1.29, 1.82) is 0 Å². The molecule has 0 unspecified atom stereocenters. The Bertz CT molecular complexity index is 1000. The molecular weight excluding hydrogens is 372 g/mol. The molecule has 30 heavy (non-hydrogen) atoms. The fraction of sp³-hybridized carbons (Fsp3) is 0.423. The Morgan fingerprint density at radius 3 is 2.70 bits per heavy atom. The van der Waals surface area contributed by atoms with Crippen LogP contribution in [-0.2, 0) is 11.3 Å². The molecule has 3 aromatic rings. The van der Waals surface area contributed by atoms with Crippen LogP contribution in [0, 0.1) is 0 Å². The molecule has 1 aliphatic rings. The molecule has 1 saturated carbocycles. The molecule has 0 aliphatic heterocycles. The molecule has 158 valence electrons. The first kappa shape index (κ1) is 20.5. The fourth-order valence-corrected chi connectivity index (χ4v) is 4.80. The van der Waals surface area contributed by atoms with Gasteiger partial charge in [0, 0.05) is 42.0 Å². The highest BCUT2D eigenvalue weighted by Crippen LogP contribution is 2.36. The van der Waals surface area contributed by atoms with Gasteiger partial charge in [-0.15, -0.1) is 0 Å². The fourth-order valence-electron chi connectivity index (χ4n) is 4.80. The normalized spacial score (nSPS) is 15.8. The van der Waals surface area contributed by atoms with Gasteiger partial charge in [-0.2, -0.15) is 0 Å². The van der Waals surface area contributed by atoms with Gasteiger partial charge in [-0.3, -0.25) is 4.79 Å². The molecule has 0 bridgehead atoms. The molecular formula is C26H32N2O2. The summed E-state index contributed by atoms with van der Waals surface area (Å²) in [6.45, 7) is 3.06. The minimum Gasteiger partial charge on any atom is -0.497 e. The molecule has 1 heterocycles. The Morgan fingerprint density at radius 1 is 1.13 bits per heavy atom. The maximum absolute atomic E-state index is 13.1. The second-order valence-corrected chi connectivity index (χ2v) is 8.32. The van der Waals surface area contributed by atoms with E-state index in [9.17, 15) is 4.79 Å². The van der Waals surface area contributed by atoms with Crippen LogP contribution >= 0.6 is 0 Å². The average Bonchev–Trinajstić information content (AvgIpc) is 3.17. The largest absolute Gasteiger partial charge is 0.497 e. The van der Waals surface area contributed by atoms with Gasteiger partial charge >= 0.3 is 0 Å². The van der Waals surface area contributed by atoms with E-state index in [1.165, 1.54) is 35.7 Å². The molecule has 4 heteroatoms. The van der Waals surface area contributed by atoms with Crippen molar-refractivity contribution in [2.45, 2.75) is 64.0 Å². The molecule has 1 fully saturated rings. The van der Waals surface area contributed by atoms with E-state index in [4.69, 9.17) is 4.74 Å². The first-order valence-electron chi connectivity index (χ1n) is 11.2. The van der Waals surface area contributed by atoms with Crippen LogP contribution in [0.3, 0.4) is 0 Å². The first-order chi connectivity index (χ1) is 14.7. The van der Waals surface area contributed by atoms with E-state index >= 15 is 0 Å². The number of nitrogens with one attached hydrogen (secondary N) is 1. The predicted octanol–water partition coefficient (Wildman–Crippen LogP) is 5.64. The second-order valence-electron chi connectivity index (χ2n) is 8.32. The van der Waals surface area contributed by atoms with Gasteiger partial charge in [0.2, 0.25) is 5.91 Å². The number of ether oxygens (including phenoxy) is 1. The zero-order valence-corrected chi connectivity index (χ0v) is 18.1. The molecule has 0 saturated heterocycles. The number of rotatable bonds is 7. The third-order valence-corrected chi connectivity index (χ3v) is 6.39. The van der Waals surface area contributed by atoms with Crippen LogP contribution in [0.5, 0.6) is 5.75 Å². The number of aryl methyl sites for hydroxylation is 1. The summed E-state index contributed by atoms with van der Waals surface area (Å²) in [7, 11) is 1.69. The molecule has 4 rings (SSSR count). The lowest BCUT2D eigenvalue weighted by atomic mass is 9.87. The molecule has 1 aromatic heterocycles. The van der Waals surface area contributed by atoms with Gasteiger partial charge in [0.05, 0.1) is 7.11 Å². The minimum atomic E-state index is -0.0126. The number of methoxy groups -OCH3 is 1. The van der Waals surface area contributed by atoms with E-state index in [1.54, 1.807) is 7.11 Å². The van der Waals surface area contributed by atoms with E-state index in [0.717, 1.165) is 30.7 Å². The van der Waals surface area contributed by atoms with Crippen molar-refractivity contribution in [3.63, 3.8) is 0 Å². The SMILES string of the molecule is CCn1cc([C@H](CC(=O)NC2CCCCC2)c2cccc(OC)c2)c2ccccc21. The molecule has 2 aromatic carbocycles. The van der Waals surface area contributed by atoms with Crippen molar-refractivity contribution >= 4 is 16.8 Å². The van der Waals surface area contributed by atoms with Gasteiger partial charge in [0.15, 0.2) is 0 Å². The van der Waals surface area contributed by atoms with Gasteiger partial charge in [0.25, 0.3) is 0 Å². The zero-order chi connectivity index (χ0) is 20.9. The minimum absolute atomic E-state index is 0.0126. The summed E-state index contributed by atoms with van der Waals surface area (Å²) in [5, 5.41) is 4.53. The monoisotopic (exact) mass is 404 g/mol. The van der Waals surface area contributed by atoms with Gasteiger partial charge in [0.1, 0.15) is 5.75 Å². The van der Waals surface area contributed by atoms with E-state index in [1.807, 2.05) is 12.1 Å². The number of nitrogens with zero attached hydrogens (tertiary/aromatic N) is 1. The average molecular weight is 405 g/mol. The standard InChI is InChI=1S/C26H32N2O2/c1-3-28-18-24(22-14-7-8-15-25(22)28)23(19-10-9-13-21(16-19)30-2)17-26(29)27-20-11-5-4-6-12-20/h7-10,13-16,18,20,23H,3-6,11-12,17H2,1-2H3,(H,27,29)/t23-/m1/s1. The Kier molecular flexibility index (Phi) is 6.41.